The molecule has 1 aliphatic heterocycles. The highest BCUT2D eigenvalue weighted by Gasteiger charge is 2.19. The smallest absolute Gasteiger partial charge is 0.338 e. The van der Waals surface area contributed by atoms with Crippen molar-refractivity contribution in [1.29, 1.82) is 0 Å². The van der Waals surface area contributed by atoms with Crippen molar-refractivity contribution in [1.82, 2.24) is 14.9 Å². The Bertz CT molecular complexity index is 757. The number of hydrogen-bond acceptors (Lipinski definition) is 8. The number of nitrogens with two attached hydrogens (primary N) is 1. The number of hydrogen-bond donors (Lipinski definition) is 2. The van der Waals surface area contributed by atoms with Crippen molar-refractivity contribution >= 4 is 29.0 Å². The van der Waals surface area contributed by atoms with Crippen molar-refractivity contribution in [2.75, 3.05) is 55.8 Å². The molecule has 1 aromatic carbocycles. The minimum atomic E-state index is -0.335. The van der Waals surface area contributed by atoms with Gasteiger partial charge in [0.2, 0.25) is 0 Å². The van der Waals surface area contributed by atoms with Crippen molar-refractivity contribution in [3.63, 3.8) is 0 Å². The van der Waals surface area contributed by atoms with Crippen molar-refractivity contribution in [2.45, 2.75) is 6.92 Å². The molecule has 0 unspecified atom stereocenters. The maximum Gasteiger partial charge on any atom is 0.338 e. The van der Waals surface area contributed by atoms with Crippen molar-refractivity contribution in [3.8, 4) is 0 Å². The van der Waals surface area contributed by atoms with E-state index >= 15 is 0 Å². The lowest BCUT2D eigenvalue weighted by Crippen LogP contribution is -2.45. The van der Waals surface area contributed by atoms with Crippen LogP contribution in [0.25, 0.3) is 0 Å². The lowest BCUT2D eigenvalue weighted by atomic mass is 10.2. The fourth-order valence-corrected chi connectivity index (χ4v) is 2.80. The summed E-state index contributed by atoms with van der Waals surface area (Å²) >= 11 is 0. The molecule has 2 aromatic rings. The molecular formula is C18H24N6O2. The number of piperazine rings is 1. The Kier molecular flexibility index (Phi) is 5.52. The zero-order valence-electron chi connectivity index (χ0n) is 15.1. The third-order valence-corrected chi connectivity index (χ3v) is 4.32. The number of likely N-dealkylation sites (N-methyl/N-ethyl adjacent to an activating group) is 1. The number of nitrogen functional groups attached to an aromatic ring is 1. The molecule has 1 aliphatic rings. The first-order valence-corrected chi connectivity index (χ1v) is 8.66. The van der Waals surface area contributed by atoms with Crippen LogP contribution in [0.3, 0.4) is 0 Å². The quantitative estimate of drug-likeness (QED) is 0.782. The summed E-state index contributed by atoms with van der Waals surface area (Å²) in [7, 11) is 2.10. The molecule has 138 valence electrons. The van der Waals surface area contributed by atoms with E-state index in [0.29, 0.717) is 23.7 Å². The molecule has 0 atom stereocenters. The van der Waals surface area contributed by atoms with Crippen LogP contribution in [0.1, 0.15) is 17.3 Å². The fourth-order valence-electron chi connectivity index (χ4n) is 2.80. The lowest BCUT2D eigenvalue weighted by molar-refractivity contribution is 0.0526. The summed E-state index contributed by atoms with van der Waals surface area (Å²) < 4.78 is 4.99. The van der Waals surface area contributed by atoms with Crippen LogP contribution in [0.5, 0.6) is 0 Å². The average Bonchev–Trinajstić information content (AvgIpc) is 2.65. The second-order valence-corrected chi connectivity index (χ2v) is 6.17. The van der Waals surface area contributed by atoms with E-state index in [1.807, 2.05) is 0 Å². The molecule has 0 radical (unpaired) electrons. The number of carbonyl (C=O) groups excluding carboxylic acids is 1. The van der Waals surface area contributed by atoms with Gasteiger partial charge in [-0.3, -0.25) is 0 Å². The van der Waals surface area contributed by atoms with Crippen LogP contribution in [-0.2, 0) is 4.74 Å². The van der Waals surface area contributed by atoms with Gasteiger partial charge in [0, 0.05) is 31.9 Å². The molecule has 0 bridgehead atoms. The van der Waals surface area contributed by atoms with Gasteiger partial charge in [-0.15, -0.1) is 0 Å². The minimum absolute atomic E-state index is 0.335. The molecule has 0 spiro atoms. The standard InChI is InChI=1S/C18H24N6O2/c1-3-26-18(25)13-4-6-14(7-5-13)22-16-15(19)17(21-12-20-16)24-10-8-23(2)9-11-24/h4-7,12H,3,8-11,19H2,1-2H3,(H,20,21,22). The molecule has 8 nitrogen and oxygen atoms in total. The fraction of sp³-hybridized carbons (Fsp3) is 0.389. The van der Waals surface area contributed by atoms with E-state index in [2.05, 4.69) is 32.1 Å². The van der Waals surface area contributed by atoms with Crippen LogP contribution in [-0.4, -0.2) is 60.7 Å². The molecule has 3 N–H and O–H groups in total. The number of benzene rings is 1. The first kappa shape index (κ1) is 17.9. The Morgan fingerprint density at radius 3 is 2.54 bits per heavy atom. The van der Waals surface area contributed by atoms with E-state index in [1.54, 1.807) is 31.2 Å². The van der Waals surface area contributed by atoms with Gasteiger partial charge in [0.25, 0.3) is 0 Å². The number of nitrogens with zero attached hydrogens (tertiary/aromatic N) is 4. The number of rotatable bonds is 5. The Balaban J connectivity index is 1.74. The Hall–Kier alpha value is -2.87. The molecule has 1 aromatic heterocycles. The summed E-state index contributed by atoms with van der Waals surface area (Å²) in [6.45, 7) is 5.84. The maximum atomic E-state index is 11.7. The lowest BCUT2D eigenvalue weighted by Gasteiger charge is -2.33. The van der Waals surface area contributed by atoms with Crippen LogP contribution in [0.4, 0.5) is 23.0 Å². The minimum Gasteiger partial charge on any atom is -0.462 e. The molecule has 0 aliphatic carbocycles. The van der Waals surface area contributed by atoms with Gasteiger partial charge in [0.1, 0.15) is 12.0 Å². The highest BCUT2D eigenvalue weighted by Crippen LogP contribution is 2.29. The maximum absolute atomic E-state index is 11.7. The van der Waals surface area contributed by atoms with E-state index in [9.17, 15) is 4.79 Å². The van der Waals surface area contributed by atoms with Gasteiger partial charge in [-0.25, -0.2) is 14.8 Å². The van der Waals surface area contributed by atoms with E-state index in [4.69, 9.17) is 10.5 Å². The predicted octanol–water partition coefficient (Wildman–Crippen LogP) is 1.73. The zero-order chi connectivity index (χ0) is 18.5. The predicted molar refractivity (Wildman–Crippen MR) is 102 cm³/mol. The Labute approximate surface area is 153 Å². The van der Waals surface area contributed by atoms with Crippen molar-refractivity contribution < 1.29 is 9.53 Å². The highest BCUT2D eigenvalue weighted by molar-refractivity contribution is 5.90. The normalized spacial score (nSPS) is 14.9. The van der Waals surface area contributed by atoms with E-state index in [-0.39, 0.29) is 5.97 Å². The van der Waals surface area contributed by atoms with Gasteiger partial charge in [-0.05, 0) is 38.2 Å². The highest BCUT2D eigenvalue weighted by atomic mass is 16.5. The average molecular weight is 356 g/mol. The molecule has 1 fully saturated rings. The molecule has 0 amide bonds. The molecule has 8 heteroatoms. The molecule has 3 rings (SSSR count). The third-order valence-electron chi connectivity index (χ3n) is 4.32. The van der Waals surface area contributed by atoms with Gasteiger partial charge >= 0.3 is 5.97 Å². The molecular weight excluding hydrogens is 332 g/mol. The van der Waals surface area contributed by atoms with Gasteiger partial charge < -0.3 is 25.6 Å². The van der Waals surface area contributed by atoms with Gasteiger partial charge in [-0.1, -0.05) is 0 Å². The summed E-state index contributed by atoms with van der Waals surface area (Å²) in [4.78, 5) is 24.8. The number of nitrogens with one attached hydrogen (secondary N) is 1. The van der Waals surface area contributed by atoms with Crippen LogP contribution in [0, 0.1) is 0 Å². The summed E-state index contributed by atoms with van der Waals surface area (Å²) in [6.07, 6.45) is 1.51. The Morgan fingerprint density at radius 1 is 1.19 bits per heavy atom. The molecule has 26 heavy (non-hydrogen) atoms. The SMILES string of the molecule is CCOC(=O)c1ccc(Nc2ncnc(N3CCN(C)CC3)c2N)cc1. The van der Waals surface area contributed by atoms with Crippen molar-refractivity contribution in [3.05, 3.63) is 36.2 Å². The van der Waals surface area contributed by atoms with Crippen LogP contribution in [0.2, 0.25) is 0 Å². The number of anilines is 4. The van der Waals surface area contributed by atoms with Gasteiger partial charge in [0.15, 0.2) is 11.6 Å². The van der Waals surface area contributed by atoms with E-state index in [0.717, 1.165) is 37.7 Å². The summed E-state index contributed by atoms with van der Waals surface area (Å²) in [5.74, 6) is 0.967. The number of ether oxygens (including phenoxy) is 1. The number of aromatic nitrogens is 2. The van der Waals surface area contributed by atoms with Crippen LogP contribution < -0.4 is 16.0 Å². The zero-order valence-corrected chi connectivity index (χ0v) is 15.1. The summed E-state index contributed by atoms with van der Waals surface area (Å²) in [5, 5.41) is 3.19. The summed E-state index contributed by atoms with van der Waals surface area (Å²) in [6, 6.07) is 7.00. The van der Waals surface area contributed by atoms with Crippen LogP contribution >= 0.6 is 0 Å². The van der Waals surface area contributed by atoms with Crippen LogP contribution in [0.15, 0.2) is 30.6 Å². The third kappa shape index (κ3) is 4.02. The van der Waals surface area contributed by atoms with Gasteiger partial charge in [-0.2, -0.15) is 0 Å². The first-order valence-electron chi connectivity index (χ1n) is 8.66. The number of esters is 1. The second-order valence-electron chi connectivity index (χ2n) is 6.17. The number of carbonyl (C=O) groups is 1. The molecule has 1 saturated heterocycles. The second kappa shape index (κ2) is 8.01. The molecule has 2 heterocycles. The Morgan fingerprint density at radius 2 is 1.88 bits per heavy atom. The van der Waals surface area contributed by atoms with Gasteiger partial charge in [0.05, 0.1) is 12.2 Å². The largest absolute Gasteiger partial charge is 0.462 e. The monoisotopic (exact) mass is 356 g/mol. The van der Waals surface area contributed by atoms with Crippen molar-refractivity contribution in [2.24, 2.45) is 0 Å². The topological polar surface area (TPSA) is 96.6 Å². The first-order chi connectivity index (χ1) is 12.6. The summed E-state index contributed by atoms with van der Waals surface area (Å²) in [5.41, 5.74) is 8.11. The van der Waals surface area contributed by atoms with E-state index < -0.39 is 0 Å². The molecule has 0 saturated carbocycles. The van der Waals surface area contributed by atoms with E-state index in [1.165, 1.54) is 6.33 Å².